The van der Waals surface area contributed by atoms with Gasteiger partial charge >= 0.3 is 12.1 Å². The average molecular weight is 452 g/mol. The van der Waals surface area contributed by atoms with Crippen molar-refractivity contribution in [3.8, 4) is 27.4 Å². The van der Waals surface area contributed by atoms with Crippen molar-refractivity contribution < 1.29 is 32.5 Å². The molecule has 0 radical (unpaired) electrons. The summed E-state index contributed by atoms with van der Waals surface area (Å²) < 4.78 is 50.8. The molecule has 1 aliphatic rings. The molecule has 0 amide bonds. The van der Waals surface area contributed by atoms with Crippen LogP contribution in [0.4, 0.5) is 13.2 Å². The van der Waals surface area contributed by atoms with Gasteiger partial charge in [0.1, 0.15) is 18.0 Å². The van der Waals surface area contributed by atoms with Crippen LogP contribution in [0.1, 0.15) is 23.8 Å². The summed E-state index contributed by atoms with van der Waals surface area (Å²) in [7, 11) is 1.06. The molecular weight excluding hydrogens is 433 g/mol. The molecule has 0 aliphatic carbocycles. The van der Waals surface area contributed by atoms with Crippen molar-refractivity contribution in [2.45, 2.75) is 31.7 Å². The first-order valence-corrected chi connectivity index (χ1v) is 10.4. The van der Waals surface area contributed by atoms with Crippen LogP contribution < -0.4 is 4.74 Å². The summed E-state index contributed by atoms with van der Waals surface area (Å²) in [6.07, 6.45) is -4.97. The van der Waals surface area contributed by atoms with Crippen molar-refractivity contribution in [1.29, 1.82) is 0 Å². The maximum Gasteiger partial charge on any atom is 0.408 e. The summed E-state index contributed by atoms with van der Waals surface area (Å²) in [5.41, 5.74) is 1.71. The lowest BCUT2D eigenvalue weighted by Crippen LogP contribution is -2.24. The van der Waals surface area contributed by atoms with Gasteiger partial charge in [-0.15, -0.1) is 11.3 Å². The molecule has 1 atom stereocenters. The van der Waals surface area contributed by atoms with Crippen LogP contribution >= 0.6 is 11.3 Å². The van der Waals surface area contributed by atoms with Gasteiger partial charge in [-0.05, 0) is 47.5 Å². The van der Waals surface area contributed by atoms with E-state index in [-0.39, 0.29) is 17.0 Å². The van der Waals surface area contributed by atoms with Crippen LogP contribution in [0.2, 0.25) is 0 Å². The molecule has 164 valence electrons. The second kappa shape index (κ2) is 8.35. The molecule has 0 saturated carbocycles. The van der Waals surface area contributed by atoms with Gasteiger partial charge in [-0.3, -0.25) is 4.68 Å². The third-order valence-corrected chi connectivity index (χ3v) is 5.83. The molecule has 0 spiro atoms. The first kappa shape index (κ1) is 21.4. The van der Waals surface area contributed by atoms with Gasteiger partial charge in [0.15, 0.2) is 6.10 Å². The monoisotopic (exact) mass is 452 g/mol. The van der Waals surface area contributed by atoms with E-state index in [1.807, 2.05) is 6.07 Å². The summed E-state index contributed by atoms with van der Waals surface area (Å²) in [4.78, 5) is 12.7. The van der Waals surface area contributed by atoms with Gasteiger partial charge in [0.05, 0.1) is 24.3 Å². The van der Waals surface area contributed by atoms with Crippen LogP contribution in [-0.2, 0) is 22.5 Å². The molecule has 4 rings (SSSR count). The summed E-state index contributed by atoms with van der Waals surface area (Å²) >= 11 is 1.30. The average Bonchev–Trinajstić information content (AvgIpc) is 3.39. The number of rotatable bonds is 5. The van der Waals surface area contributed by atoms with E-state index in [2.05, 4.69) is 9.84 Å². The number of nitrogens with zero attached hydrogens (tertiary/aromatic N) is 2. The first-order chi connectivity index (χ1) is 14.8. The van der Waals surface area contributed by atoms with Gasteiger partial charge in [0, 0.05) is 5.56 Å². The predicted octanol–water partition coefficient (Wildman–Crippen LogP) is 4.37. The standard InChI is InChI=1S/C21H19F3N2O4S/c1-29-20(28)19(27)18-16(13-6-7-14-12(10-13)4-2-8-30-14)17(15-5-3-9-31-15)25-26(18)11-21(22,23)24/h3,5-7,9-10,19,27H,2,4,8,11H2,1H3. The molecule has 0 fully saturated rings. The lowest BCUT2D eigenvalue weighted by atomic mass is 9.95. The fraction of sp³-hybridized carbons (Fsp3) is 0.333. The number of aryl methyl sites for hydroxylation is 1. The van der Waals surface area contributed by atoms with Crippen LogP contribution in [0, 0.1) is 0 Å². The summed E-state index contributed by atoms with van der Waals surface area (Å²) in [5, 5.41) is 16.6. The fourth-order valence-electron chi connectivity index (χ4n) is 3.65. The minimum absolute atomic E-state index is 0.258. The Morgan fingerprint density at radius 1 is 1.39 bits per heavy atom. The molecular formula is C21H19F3N2O4S. The highest BCUT2D eigenvalue weighted by Crippen LogP contribution is 2.42. The Balaban J connectivity index is 1.97. The molecule has 6 nitrogen and oxygen atoms in total. The molecule has 3 aromatic rings. The fourth-order valence-corrected chi connectivity index (χ4v) is 4.37. The Morgan fingerprint density at radius 2 is 2.19 bits per heavy atom. The number of fused-ring (bicyclic) bond motifs is 1. The highest BCUT2D eigenvalue weighted by atomic mass is 32.1. The number of ether oxygens (including phenoxy) is 2. The third kappa shape index (κ3) is 4.31. The molecule has 31 heavy (non-hydrogen) atoms. The van der Waals surface area contributed by atoms with Crippen molar-refractivity contribution in [1.82, 2.24) is 9.78 Å². The molecule has 0 saturated heterocycles. The molecule has 1 aliphatic heterocycles. The number of aliphatic hydroxyl groups is 1. The number of alkyl halides is 3. The minimum Gasteiger partial charge on any atom is -0.493 e. The van der Waals surface area contributed by atoms with Crippen molar-refractivity contribution in [3.05, 3.63) is 47.0 Å². The number of esters is 1. The van der Waals surface area contributed by atoms with Gasteiger partial charge in [-0.25, -0.2) is 4.79 Å². The van der Waals surface area contributed by atoms with Crippen molar-refractivity contribution >= 4 is 17.3 Å². The van der Waals surface area contributed by atoms with E-state index in [1.54, 1.807) is 29.6 Å². The van der Waals surface area contributed by atoms with Gasteiger partial charge in [-0.2, -0.15) is 18.3 Å². The van der Waals surface area contributed by atoms with Crippen LogP contribution in [0.25, 0.3) is 21.7 Å². The highest BCUT2D eigenvalue weighted by molar-refractivity contribution is 7.13. The second-order valence-electron chi connectivity index (χ2n) is 7.06. The molecule has 2 aromatic heterocycles. The van der Waals surface area contributed by atoms with Gasteiger partial charge in [0.2, 0.25) is 0 Å². The number of hydrogen-bond acceptors (Lipinski definition) is 6. The van der Waals surface area contributed by atoms with Crippen LogP contribution in [0.5, 0.6) is 5.75 Å². The van der Waals surface area contributed by atoms with Crippen molar-refractivity contribution in [2.75, 3.05) is 13.7 Å². The first-order valence-electron chi connectivity index (χ1n) is 9.52. The molecule has 1 unspecified atom stereocenters. The van der Waals surface area contributed by atoms with Gasteiger partial charge < -0.3 is 14.6 Å². The maximum atomic E-state index is 13.3. The number of hydrogen-bond donors (Lipinski definition) is 1. The molecule has 1 N–H and O–H groups in total. The Labute approximate surface area is 179 Å². The topological polar surface area (TPSA) is 73.6 Å². The number of carbonyl (C=O) groups excluding carboxylic acids is 1. The number of aliphatic hydroxyl groups excluding tert-OH is 1. The van der Waals surface area contributed by atoms with E-state index >= 15 is 0 Å². The Hall–Kier alpha value is -2.85. The largest absolute Gasteiger partial charge is 0.493 e. The van der Waals surface area contributed by atoms with E-state index < -0.39 is 24.8 Å². The summed E-state index contributed by atoms with van der Waals surface area (Å²) in [6.45, 7) is -0.856. The van der Waals surface area contributed by atoms with E-state index in [0.29, 0.717) is 27.5 Å². The van der Waals surface area contributed by atoms with Gasteiger partial charge in [0.25, 0.3) is 0 Å². The van der Waals surface area contributed by atoms with E-state index in [1.165, 1.54) is 11.3 Å². The smallest absolute Gasteiger partial charge is 0.408 e. The van der Waals surface area contributed by atoms with E-state index in [0.717, 1.165) is 25.5 Å². The Bertz CT molecular complexity index is 1090. The lowest BCUT2D eigenvalue weighted by Gasteiger charge is -2.19. The minimum atomic E-state index is -4.61. The number of carbonyl (C=O) groups is 1. The van der Waals surface area contributed by atoms with Crippen molar-refractivity contribution in [3.63, 3.8) is 0 Å². The zero-order valence-corrected chi connectivity index (χ0v) is 17.3. The molecule has 3 heterocycles. The number of thiophene rings is 1. The predicted molar refractivity (Wildman–Crippen MR) is 108 cm³/mol. The number of benzene rings is 1. The Morgan fingerprint density at radius 3 is 2.87 bits per heavy atom. The molecule has 10 heteroatoms. The zero-order chi connectivity index (χ0) is 22.2. The van der Waals surface area contributed by atoms with Crippen LogP contribution in [-0.4, -0.2) is 40.7 Å². The van der Waals surface area contributed by atoms with Gasteiger partial charge in [-0.1, -0.05) is 12.1 Å². The normalized spacial score (nSPS) is 14.6. The van der Waals surface area contributed by atoms with E-state index in [9.17, 15) is 23.1 Å². The second-order valence-corrected chi connectivity index (χ2v) is 8.01. The number of halogens is 3. The third-order valence-electron chi connectivity index (χ3n) is 4.96. The molecule has 0 bridgehead atoms. The SMILES string of the molecule is COC(=O)C(O)c1c(-c2ccc3c(c2)CCCO3)c(-c2cccs2)nn1CC(F)(F)F. The van der Waals surface area contributed by atoms with Crippen molar-refractivity contribution in [2.24, 2.45) is 0 Å². The van der Waals surface area contributed by atoms with E-state index in [4.69, 9.17) is 4.74 Å². The summed E-state index contributed by atoms with van der Waals surface area (Å²) in [6, 6.07) is 8.74. The van der Waals surface area contributed by atoms with Crippen LogP contribution in [0.3, 0.4) is 0 Å². The zero-order valence-electron chi connectivity index (χ0n) is 16.5. The lowest BCUT2D eigenvalue weighted by molar-refractivity contribution is -0.153. The number of methoxy groups -OCH3 is 1. The number of aromatic nitrogens is 2. The summed E-state index contributed by atoms with van der Waals surface area (Å²) in [5.74, 6) is -0.353. The Kier molecular flexibility index (Phi) is 5.76. The van der Waals surface area contributed by atoms with Crippen LogP contribution in [0.15, 0.2) is 35.7 Å². The maximum absolute atomic E-state index is 13.3. The molecule has 1 aromatic carbocycles. The highest BCUT2D eigenvalue weighted by Gasteiger charge is 2.36. The quantitative estimate of drug-likeness (QED) is 0.582.